The zero-order chi connectivity index (χ0) is 15.8. The number of nitrogens with zero attached hydrogens (tertiary/aromatic N) is 1. The van der Waals surface area contributed by atoms with Gasteiger partial charge in [-0.3, -0.25) is 14.9 Å². The molecule has 1 heterocycles. The fourth-order valence-electron chi connectivity index (χ4n) is 2.66. The molecule has 0 aliphatic carbocycles. The first-order valence-electron chi connectivity index (χ1n) is 6.84. The van der Waals surface area contributed by atoms with Crippen LogP contribution in [0.4, 0.5) is 10.5 Å². The molecule has 4 amide bonds. The molecule has 1 fully saturated rings. The van der Waals surface area contributed by atoms with Crippen molar-refractivity contribution in [2.75, 3.05) is 4.90 Å². The summed E-state index contributed by atoms with van der Waals surface area (Å²) in [5.41, 5.74) is -0.193. The monoisotopic (exact) mass is 308 g/mol. The first kappa shape index (κ1) is 15.5. The molecule has 0 radical (unpaired) electrons. The van der Waals surface area contributed by atoms with Crippen LogP contribution in [0.15, 0.2) is 18.2 Å². The minimum Gasteiger partial charge on any atom is -0.276 e. The number of benzene rings is 1. The Kier molecular flexibility index (Phi) is 4.05. The van der Waals surface area contributed by atoms with Gasteiger partial charge in [-0.1, -0.05) is 37.6 Å². The first-order valence-corrected chi connectivity index (χ1v) is 7.22. The highest BCUT2D eigenvalue weighted by Gasteiger charge is 2.52. The smallest absolute Gasteiger partial charge is 0.276 e. The number of nitrogens with one attached hydrogen (secondary N) is 1. The van der Waals surface area contributed by atoms with Gasteiger partial charge < -0.3 is 0 Å². The Hall–Kier alpha value is -1.88. The summed E-state index contributed by atoms with van der Waals surface area (Å²) in [6, 6.07) is 4.36. The number of amides is 4. The Morgan fingerprint density at radius 1 is 1.19 bits per heavy atom. The predicted molar refractivity (Wildman–Crippen MR) is 80.2 cm³/mol. The Morgan fingerprint density at radius 3 is 2.33 bits per heavy atom. The second-order valence-electron chi connectivity index (χ2n) is 5.09. The van der Waals surface area contributed by atoms with Crippen molar-refractivity contribution in [2.45, 2.75) is 33.6 Å². The molecule has 1 N–H and O–H groups in total. The Labute approximate surface area is 128 Å². The predicted octanol–water partition coefficient (Wildman–Crippen LogP) is 3.04. The lowest BCUT2D eigenvalue weighted by Gasteiger charge is -2.38. The van der Waals surface area contributed by atoms with Crippen LogP contribution < -0.4 is 10.2 Å². The van der Waals surface area contributed by atoms with E-state index < -0.39 is 23.3 Å². The number of urea groups is 1. The maximum absolute atomic E-state index is 12.8. The van der Waals surface area contributed by atoms with E-state index in [1.54, 1.807) is 39.0 Å². The topological polar surface area (TPSA) is 66.5 Å². The summed E-state index contributed by atoms with van der Waals surface area (Å²) in [4.78, 5) is 38.1. The molecule has 6 heteroatoms. The number of hydrogen-bond donors (Lipinski definition) is 1. The highest BCUT2D eigenvalue weighted by molar-refractivity contribution is 6.37. The lowest BCUT2D eigenvalue weighted by molar-refractivity contribution is -0.143. The molecule has 0 saturated carbocycles. The third kappa shape index (κ3) is 2.21. The molecule has 1 aliphatic heterocycles. The number of para-hydroxylation sites is 1. The van der Waals surface area contributed by atoms with Gasteiger partial charge in [0.05, 0.1) is 10.7 Å². The summed E-state index contributed by atoms with van der Waals surface area (Å²) < 4.78 is 0. The number of anilines is 1. The van der Waals surface area contributed by atoms with E-state index >= 15 is 0 Å². The highest BCUT2D eigenvalue weighted by Crippen LogP contribution is 2.38. The Bertz CT molecular complexity index is 603. The number of carbonyl (C=O) groups is 3. The first-order chi connectivity index (χ1) is 9.89. The van der Waals surface area contributed by atoms with Crippen molar-refractivity contribution in [3.05, 3.63) is 28.8 Å². The average molecular weight is 309 g/mol. The summed E-state index contributed by atoms with van der Waals surface area (Å²) in [7, 11) is 0. The molecule has 1 saturated heterocycles. The summed E-state index contributed by atoms with van der Waals surface area (Å²) in [5, 5.41) is 2.57. The van der Waals surface area contributed by atoms with Gasteiger partial charge in [-0.25, -0.2) is 9.69 Å². The van der Waals surface area contributed by atoms with Gasteiger partial charge in [0.1, 0.15) is 5.41 Å². The number of halogens is 1. The van der Waals surface area contributed by atoms with E-state index in [4.69, 9.17) is 11.6 Å². The fraction of sp³-hybridized carbons (Fsp3) is 0.400. The van der Waals surface area contributed by atoms with Crippen molar-refractivity contribution in [2.24, 2.45) is 5.41 Å². The van der Waals surface area contributed by atoms with E-state index in [9.17, 15) is 14.4 Å². The van der Waals surface area contributed by atoms with Gasteiger partial charge in [-0.2, -0.15) is 0 Å². The molecule has 0 atom stereocenters. The van der Waals surface area contributed by atoms with Crippen molar-refractivity contribution in [1.82, 2.24) is 5.32 Å². The molecule has 1 aromatic rings. The molecule has 1 aromatic carbocycles. The average Bonchev–Trinajstić information content (AvgIpc) is 2.43. The van der Waals surface area contributed by atoms with Crippen molar-refractivity contribution in [3.63, 3.8) is 0 Å². The number of barbiturate groups is 1. The summed E-state index contributed by atoms with van der Waals surface area (Å²) in [6.45, 7) is 5.28. The van der Waals surface area contributed by atoms with E-state index in [0.717, 1.165) is 4.90 Å². The van der Waals surface area contributed by atoms with E-state index in [-0.39, 0.29) is 0 Å². The van der Waals surface area contributed by atoms with Gasteiger partial charge in [0.2, 0.25) is 5.91 Å². The summed E-state index contributed by atoms with van der Waals surface area (Å²) in [5.74, 6) is -1.05. The Morgan fingerprint density at radius 2 is 1.81 bits per heavy atom. The number of rotatable bonds is 3. The third-order valence-electron chi connectivity index (χ3n) is 4.09. The lowest BCUT2D eigenvalue weighted by Crippen LogP contribution is -2.64. The fourth-order valence-corrected chi connectivity index (χ4v) is 2.97. The van der Waals surface area contributed by atoms with Crippen LogP contribution in [-0.4, -0.2) is 17.8 Å². The van der Waals surface area contributed by atoms with Crippen LogP contribution in [0.5, 0.6) is 0 Å². The number of aryl methyl sites for hydroxylation is 1. The van der Waals surface area contributed by atoms with E-state index in [1.807, 2.05) is 0 Å². The van der Waals surface area contributed by atoms with Crippen LogP contribution in [0.2, 0.25) is 5.02 Å². The van der Waals surface area contributed by atoms with Crippen molar-refractivity contribution in [1.29, 1.82) is 0 Å². The molecule has 5 nitrogen and oxygen atoms in total. The minimum absolute atomic E-state index is 0.300. The SMILES string of the molecule is CCC1(CC)C(=O)NC(=O)N(c2c(C)cccc2Cl)C1=O. The molecule has 21 heavy (non-hydrogen) atoms. The highest BCUT2D eigenvalue weighted by atomic mass is 35.5. The van der Waals surface area contributed by atoms with Crippen LogP contribution in [-0.2, 0) is 9.59 Å². The van der Waals surface area contributed by atoms with Crippen molar-refractivity contribution in [3.8, 4) is 0 Å². The van der Waals surface area contributed by atoms with E-state index in [0.29, 0.717) is 29.1 Å². The molecule has 0 unspecified atom stereocenters. The van der Waals surface area contributed by atoms with Crippen molar-refractivity contribution < 1.29 is 14.4 Å². The van der Waals surface area contributed by atoms with Gasteiger partial charge in [-0.05, 0) is 31.4 Å². The molecule has 0 bridgehead atoms. The molecule has 2 rings (SSSR count). The molecule has 1 aliphatic rings. The van der Waals surface area contributed by atoms with Gasteiger partial charge in [0.25, 0.3) is 5.91 Å². The van der Waals surface area contributed by atoms with Crippen LogP contribution in [0.3, 0.4) is 0 Å². The van der Waals surface area contributed by atoms with E-state index in [2.05, 4.69) is 5.32 Å². The lowest BCUT2D eigenvalue weighted by atomic mass is 9.78. The van der Waals surface area contributed by atoms with Crippen LogP contribution >= 0.6 is 11.6 Å². The number of carbonyl (C=O) groups excluding carboxylic acids is 3. The minimum atomic E-state index is -1.22. The Balaban J connectivity index is 2.61. The number of hydrogen-bond acceptors (Lipinski definition) is 3. The maximum Gasteiger partial charge on any atom is 0.335 e. The summed E-state index contributed by atoms with van der Waals surface area (Å²) >= 11 is 6.15. The zero-order valence-electron chi connectivity index (χ0n) is 12.2. The summed E-state index contributed by atoms with van der Waals surface area (Å²) in [6.07, 6.45) is 0.642. The van der Waals surface area contributed by atoms with Gasteiger partial charge in [-0.15, -0.1) is 0 Å². The van der Waals surface area contributed by atoms with Gasteiger partial charge in [0, 0.05) is 0 Å². The van der Waals surface area contributed by atoms with Crippen LogP contribution in [0.25, 0.3) is 0 Å². The van der Waals surface area contributed by atoms with Gasteiger partial charge in [0.15, 0.2) is 0 Å². The standard InChI is InChI=1S/C15H17ClN2O3/c1-4-15(5-2)12(19)17-14(21)18(13(15)20)11-9(3)7-6-8-10(11)16/h6-8H,4-5H2,1-3H3,(H,17,19,21). The molecule has 0 aromatic heterocycles. The van der Waals surface area contributed by atoms with Crippen molar-refractivity contribution >= 4 is 35.1 Å². The van der Waals surface area contributed by atoms with Crippen LogP contribution in [0, 0.1) is 12.3 Å². The molecular formula is C15H17ClN2O3. The normalized spacial score (nSPS) is 17.9. The molecule has 112 valence electrons. The molecule has 0 spiro atoms. The second kappa shape index (κ2) is 5.48. The zero-order valence-corrected chi connectivity index (χ0v) is 13.0. The van der Waals surface area contributed by atoms with Crippen LogP contribution in [0.1, 0.15) is 32.3 Å². The molecular weight excluding hydrogens is 292 g/mol. The number of imide groups is 2. The third-order valence-corrected chi connectivity index (χ3v) is 4.39. The maximum atomic E-state index is 12.8. The van der Waals surface area contributed by atoms with Gasteiger partial charge >= 0.3 is 6.03 Å². The quantitative estimate of drug-likeness (QED) is 0.873. The second-order valence-corrected chi connectivity index (χ2v) is 5.50. The van der Waals surface area contributed by atoms with E-state index in [1.165, 1.54) is 0 Å². The largest absolute Gasteiger partial charge is 0.335 e.